The predicted octanol–water partition coefficient (Wildman–Crippen LogP) is 3.65. The molecule has 2 rings (SSSR count). The molecule has 0 amide bonds. The molecule has 2 heterocycles. The Hall–Kier alpha value is -2.16. The van der Waals surface area contributed by atoms with Gasteiger partial charge in [-0.25, -0.2) is 4.52 Å². The third kappa shape index (κ3) is 2.40. The quantitative estimate of drug-likeness (QED) is 0.594. The number of allylic oxidation sites excluding steroid dienone is 2. The summed E-state index contributed by atoms with van der Waals surface area (Å²) in [6.07, 6.45) is 7.50. The fourth-order valence-electron chi connectivity index (χ4n) is 1.81. The predicted molar refractivity (Wildman–Crippen MR) is 76.9 cm³/mol. The van der Waals surface area contributed by atoms with E-state index in [1.54, 1.807) is 6.08 Å². The van der Waals surface area contributed by atoms with E-state index in [0.717, 1.165) is 28.1 Å². The highest BCUT2D eigenvalue weighted by Gasteiger charge is 2.04. The summed E-state index contributed by atoms with van der Waals surface area (Å²) in [7, 11) is 0. The maximum atomic E-state index is 4.53. The van der Waals surface area contributed by atoms with Crippen molar-refractivity contribution in [2.45, 2.75) is 20.8 Å². The summed E-state index contributed by atoms with van der Waals surface area (Å²) < 4.78 is 1.87. The lowest BCUT2D eigenvalue weighted by atomic mass is 10.1. The first-order valence-electron chi connectivity index (χ1n) is 5.91. The first-order chi connectivity index (χ1) is 8.61. The van der Waals surface area contributed by atoms with Crippen LogP contribution in [0.5, 0.6) is 0 Å². The summed E-state index contributed by atoms with van der Waals surface area (Å²) in [6.45, 7) is 9.76. The van der Waals surface area contributed by atoms with Crippen LogP contribution in [0.4, 0.5) is 0 Å². The largest absolute Gasteiger partial charge is 0.258 e. The molecule has 0 aliphatic rings. The molecule has 2 aromatic heterocycles. The molecule has 0 aromatic carbocycles. The van der Waals surface area contributed by atoms with Gasteiger partial charge in [0, 0.05) is 17.5 Å². The Kier molecular flexibility index (Phi) is 3.42. The molecule has 0 saturated carbocycles. The Morgan fingerprint density at radius 2 is 2.22 bits per heavy atom. The molecule has 0 aliphatic carbocycles. The van der Waals surface area contributed by atoms with Gasteiger partial charge in [0.2, 0.25) is 0 Å². The molecule has 3 heteroatoms. The van der Waals surface area contributed by atoms with Crippen LogP contribution < -0.4 is 0 Å². The van der Waals surface area contributed by atoms with Crippen LogP contribution in [0.25, 0.3) is 11.2 Å². The van der Waals surface area contributed by atoms with Gasteiger partial charge >= 0.3 is 0 Å². The Morgan fingerprint density at radius 1 is 1.44 bits per heavy atom. The SMILES string of the molecule is C=C/C=C(\N=C(C)C)c1ccn2ncc(C)c2c1. The molecule has 0 atom stereocenters. The zero-order valence-electron chi connectivity index (χ0n) is 11.0. The summed E-state index contributed by atoms with van der Waals surface area (Å²) >= 11 is 0. The van der Waals surface area contributed by atoms with Crippen LogP contribution in [0.1, 0.15) is 25.0 Å². The summed E-state index contributed by atoms with van der Waals surface area (Å²) in [5.41, 5.74) is 5.28. The van der Waals surface area contributed by atoms with Crippen molar-refractivity contribution in [2.75, 3.05) is 0 Å². The van der Waals surface area contributed by atoms with E-state index >= 15 is 0 Å². The number of pyridine rings is 1. The minimum absolute atomic E-state index is 0.924. The van der Waals surface area contributed by atoms with E-state index in [1.807, 2.05) is 42.9 Å². The van der Waals surface area contributed by atoms with Gasteiger partial charge in [-0.3, -0.25) is 4.99 Å². The van der Waals surface area contributed by atoms with Gasteiger partial charge in [0.25, 0.3) is 0 Å². The molecule has 18 heavy (non-hydrogen) atoms. The van der Waals surface area contributed by atoms with Crippen LogP contribution in [0.2, 0.25) is 0 Å². The van der Waals surface area contributed by atoms with Gasteiger partial charge in [0.1, 0.15) is 0 Å². The van der Waals surface area contributed by atoms with Crippen LogP contribution in [0.3, 0.4) is 0 Å². The van der Waals surface area contributed by atoms with Gasteiger partial charge in [0.05, 0.1) is 17.4 Å². The maximum Gasteiger partial charge on any atom is 0.0702 e. The number of hydrogen-bond donors (Lipinski definition) is 0. The number of fused-ring (bicyclic) bond motifs is 1. The van der Waals surface area contributed by atoms with Crippen molar-refractivity contribution >= 4 is 16.9 Å². The molecule has 92 valence electrons. The van der Waals surface area contributed by atoms with Crippen molar-refractivity contribution in [3.05, 3.63) is 54.4 Å². The minimum atomic E-state index is 0.924. The second-order valence-electron chi connectivity index (χ2n) is 4.42. The first kappa shape index (κ1) is 12.3. The van der Waals surface area contributed by atoms with Gasteiger partial charge < -0.3 is 0 Å². The fourth-order valence-corrected chi connectivity index (χ4v) is 1.81. The third-order valence-corrected chi connectivity index (χ3v) is 2.63. The zero-order chi connectivity index (χ0) is 13.1. The van der Waals surface area contributed by atoms with E-state index in [9.17, 15) is 0 Å². The summed E-state index contributed by atoms with van der Waals surface area (Å²) in [4.78, 5) is 4.53. The smallest absolute Gasteiger partial charge is 0.0702 e. The van der Waals surface area contributed by atoms with E-state index in [1.165, 1.54) is 0 Å². The van der Waals surface area contributed by atoms with Crippen molar-refractivity contribution in [1.82, 2.24) is 9.61 Å². The third-order valence-electron chi connectivity index (χ3n) is 2.63. The molecule has 0 saturated heterocycles. The monoisotopic (exact) mass is 239 g/mol. The normalized spacial score (nSPS) is 11.6. The van der Waals surface area contributed by atoms with Crippen molar-refractivity contribution in [3.8, 4) is 0 Å². The lowest BCUT2D eigenvalue weighted by molar-refractivity contribution is 0.960. The highest BCUT2D eigenvalue weighted by Crippen LogP contribution is 2.20. The molecule has 3 nitrogen and oxygen atoms in total. The fraction of sp³-hybridized carbons (Fsp3) is 0.200. The van der Waals surface area contributed by atoms with E-state index in [0.29, 0.717) is 0 Å². The van der Waals surface area contributed by atoms with Crippen molar-refractivity contribution in [1.29, 1.82) is 0 Å². The van der Waals surface area contributed by atoms with Gasteiger partial charge in [-0.2, -0.15) is 5.10 Å². The highest BCUT2D eigenvalue weighted by atomic mass is 15.2. The summed E-state index contributed by atoms with van der Waals surface area (Å²) in [5.74, 6) is 0. The molecule has 0 N–H and O–H groups in total. The van der Waals surface area contributed by atoms with Gasteiger partial charge in [0.15, 0.2) is 0 Å². The molecule has 0 unspecified atom stereocenters. The number of hydrogen-bond acceptors (Lipinski definition) is 2. The van der Waals surface area contributed by atoms with Crippen LogP contribution >= 0.6 is 0 Å². The van der Waals surface area contributed by atoms with Crippen LogP contribution in [0, 0.1) is 6.92 Å². The second-order valence-corrected chi connectivity index (χ2v) is 4.42. The number of aromatic nitrogens is 2. The Morgan fingerprint density at radius 3 is 2.89 bits per heavy atom. The Bertz CT molecular complexity index is 641. The summed E-state index contributed by atoms with van der Waals surface area (Å²) in [5, 5.41) is 4.27. The number of aliphatic imine (C=N–C) groups is 1. The Labute approximate surface area is 107 Å². The van der Waals surface area contributed by atoms with Crippen molar-refractivity contribution in [2.24, 2.45) is 4.99 Å². The number of nitrogens with zero attached hydrogens (tertiary/aromatic N) is 3. The number of aryl methyl sites for hydroxylation is 1. The van der Waals surface area contributed by atoms with Crippen molar-refractivity contribution in [3.63, 3.8) is 0 Å². The standard InChI is InChI=1S/C15H17N3/c1-5-6-14(17-11(2)3)13-7-8-18-15(9-13)12(4)10-16-18/h5-10H,1H2,2-4H3/b14-6-. The van der Waals surface area contributed by atoms with Crippen molar-refractivity contribution < 1.29 is 0 Å². The molecule has 0 bridgehead atoms. The maximum absolute atomic E-state index is 4.53. The van der Waals surface area contributed by atoms with Crippen LogP contribution in [0.15, 0.2) is 48.2 Å². The van der Waals surface area contributed by atoms with Gasteiger partial charge in [-0.1, -0.05) is 12.7 Å². The highest BCUT2D eigenvalue weighted by molar-refractivity contribution is 5.86. The molecule has 0 fully saturated rings. The first-order valence-corrected chi connectivity index (χ1v) is 5.91. The molecular weight excluding hydrogens is 222 g/mol. The molecule has 0 radical (unpaired) electrons. The molecule has 0 spiro atoms. The van der Waals surface area contributed by atoms with E-state index in [2.05, 4.69) is 29.7 Å². The van der Waals surface area contributed by atoms with E-state index in [4.69, 9.17) is 0 Å². The average Bonchev–Trinajstić information content (AvgIpc) is 2.70. The Balaban J connectivity index is 2.57. The van der Waals surface area contributed by atoms with Gasteiger partial charge in [-0.05, 0) is 44.5 Å². The minimum Gasteiger partial charge on any atom is -0.258 e. The molecule has 0 aliphatic heterocycles. The lowest BCUT2D eigenvalue weighted by Crippen LogP contribution is -1.91. The zero-order valence-corrected chi connectivity index (χ0v) is 11.0. The molecule has 2 aromatic rings. The topological polar surface area (TPSA) is 29.7 Å². The van der Waals surface area contributed by atoms with Gasteiger partial charge in [-0.15, -0.1) is 0 Å². The lowest BCUT2D eigenvalue weighted by Gasteiger charge is -2.04. The van der Waals surface area contributed by atoms with E-state index in [-0.39, 0.29) is 0 Å². The van der Waals surface area contributed by atoms with Crippen LogP contribution in [-0.2, 0) is 0 Å². The summed E-state index contributed by atoms with van der Waals surface area (Å²) in [6, 6.07) is 4.12. The second kappa shape index (κ2) is 5.00. The average molecular weight is 239 g/mol. The molecular formula is C15H17N3. The van der Waals surface area contributed by atoms with E-state index < -0.39 is 0 Å². The van der Waals surface area contributed by atoms with Crippen LogP contribution in [-0.4, -0.2) is 15.3 Å². The number of rotatable bonds is 3.